The molecule has 1 aromatic rings. The van der Waals surface area contributed by atoms with E-state index in [1.54, 1.807) is 11.1 Å². The van der Waals surface area contributed by atoms with E-state index in [1.807, 2.05) is 6.92 Å². The van der Waals surface area contributed by atoms with Gasteiger partial charge in [0.1, 0.15) is 6.54 Å². The van der Waals surface area contributed by atoms with Crippen LogP contribution in [0.25, 0.3) is 0 Å². The third kappa shape index (κ3) is 3.54. The van der Waals surface area contributed by atoms with Crippen LogP contribution in [0.4, 0.5) is 5.69 Å². The molecule has 2 heterocycles. The van der Waals surface area contributed by atoms with Gasteiger partial charge in [-0.2, -0.15) is 5.10 Å². The summed E-state index contributed by atoms with van der Waals surface area (Å²) in [5.74, 6) is -0.103. The number of amides is 1. The molecule has 0 unspecified atom stereocenters. The molecule has 19 heavy (non-hydrogen) atoms. The Morgan fingerprint density at radius 1 is 1.47 bits per heavy atom. The minimum Gasteiger partial charge on any atom is -0.384 e. The van der Waals surface area contributed by atoms with Crippen LogP contribution in [0, 0.1) is 0 Å². The fourth-order valence-corrected chi connectivity index (χ4v) is 1.89. The van der Waals surface area contributed by atoms with Gasteiger partial charge in [-0.15, -0.1) is 0 Å². The minimum atomic E-state index is -0.278. The van der Waals surface area contributed by atoms with E-state index in [-0.39, 0.29) is 18.0 Å². The molecule has 1 aliphatic rings. The molecule has 1 N–H and O–H groups in total. The second-order valence-corrected chi connectivity index (χ2v) is 4.26. The standard InChI is InChI=1S/C12H18N4O3/c1-2-13-10-7-11(17)16(14-8-10)9-12(18)15-3-5-19-6-4-15/h7-8,13H,2-6,9H2,1H3. The number of hydrogen-bond acceptors (Lipinski definition) is 5. The number of ether oxygens (including phenoxy) is 1. The third-order valence-electron chi connectivity index (χ3n) is 2.90. The second kappa shape index (κ2) is 6.33. The van der Waals surface area contributed by atoms with Gasteiger partial charge in [-0.3, -0.25) is 9.59 Å². The first-order chi connectivity index (χ1) is 9.20. The number of carbonyl (C=O) groups is 1. The lowest BCUT2D eigenvalue weighted by Gasteiger charge is -2.26. The summed E-state index contributed by atoms with van der Waals surface area (Å²) in [6.07, 6.45) is 1.55. The number of nitrogens with one attached hydrogen (secondary N) is 1. The highest BCUT2D eigenvalue weighted by molar-refractivity contribution is 5.76. The molecule has 1 fully saturated rings. The second-order valence-electron chi connectivity index (χ2n) is 4.26. The van der Waals surface area contributed by atoms with Crippen molar-refractivity contribution in [3.63, 3.8) is 0 Å². The monoisotopic (exact) mass is 266 g/mol. The molecular formula is C12H18N4O3. The van der Waals surface area contributed by atoms with Gasteiger partial charge in [0.05, 0.1) is 25.1 Å². The molecule has 0 saturated carbocycles. The zero-order valence-corrected chi connectivity index (χ0v) is 11.0. The molecule has 7 heteroatoms. The van der Waals surface area contributed by atoms with Crippen LogP contribution in [0.5, 0.6) is 0 Å². The zero-order valence-electron chi connectivity index (χ0n) is 11.0. The van der Waals surface area contributed by atoms with Crippen LogP contribution in [0.1, 0.15) is 6.92 Å². The zero-order chi connectivity index (χ0) is 13.7. The Balaban J connectivity index is 2.02. The molecule has 2 rings (SSSR count). The predicted octanol–water partition coefficient (Wildman–Crippen LogP) is -0.466. The molecular weight excluding hydrogens is 248 g/mol. The van der Waals surface area contributed by atoms with Crippen molar-refractivity contribution >= 4 is 11.6 Å². The van der Waals surface area contributed by atoms with Gasteiger partial charge in [0.25, 0.3) is 5.56 Å². The number of hydrogen-bond donors (Lipinski definition) is 1. The lowest BCUT2D eigenvalue weighted by Crippen LogP contribution is -2.43. The van der Waals surface area contributed by atoms with Crippen molar-refractivity contribution in [1.82, 2.24) is 14.7 Å². The van der Waals surface area contributed by atoms with Gasteiger partial charge in [0.2, 0.25) is 5.91 Å². The lowest BCUT2D eigenvalue weighted by molar-refractivity contribution is -0.136. The number of aromatic nitrogens is 2. The van der Waals surface area contributed by atoms with E-state index < -0.39 is 0 Å². The van der Waals surface area contributed by atoms with Gasteiger partial charge in [-0.25, -0.2) is 4.68 Å². The molecule has 7 nitrogen and oxygen atoms in total. The van der Waals surface area contributed by atoms with Crippen LogP contribution in [0.15, 0.2) is 17.1 Å². The molecule has 1 aromatic heterocycles. The average Bonchev–Trinajstić information content (AvgIpc) is 2.43. The van der Waals surface area contributed by atoms with Crippen LogP contribution in [-0.2, 0) is 16.1 Å². The maximum Gasteiger partial charge on any atom is 0.269 e. The molecule has 104 valence electrons. The summed E-state index contributed by atoms with van der Waals surface area (Å²) < 4.78 is 6.36. The average molecular weight is 266 g/mol. The molecule has 0 aliphatic carbocycles. The number of nitrogens with zero attached hydrogens (tertiary/aromatic N) is 3. The van der Waals surface area contributed by atoms with Crippen molar-refractivity contribution in [2.45, 2.75) is 13.5 Å². The third-order valence-corrected chi connectivity index (χ3v) is 2.90. The molecule has 1 aliphatic heterocycles. The molecule has 0 atom stereocenters. The molecule has 0 aromatic carbocycles. The van der Waals surface area contributed by atoms with E-state index in [0.29, 0.717) is 32.0 Å². The van der Waals surface area contributed by atoms with E-state index >= 15 is 0 Å². The lowest BCUT2D eigenvalue weighted by atomic mass is 10.4. The van der Waals surface area contributed by atoms with Crippen molar-refractivity contribution < 1.29 is 9.53 Å². The molecule has 0 radical (unpaired) electrons. The highest BCUT2D eigenvalue weighted by Crippen LogP contribution is 2.01. The number of carbonyl (C=O) groups excluding carboxylic acids is 1. The van der Waals surface area contributed by atoms with E-state index in [9.17, 15) is 9.59 Å². The number of anilines is 1. The topological polar surface area (TPSA) is 76.5 Å². The van der Waals surface area contributed by atoms with Crippen molar-refractivity contribution in [3.8, 4) is 0 Å². The van der Waals surface area contributed by atoms with Crippen molar-refractivity contribution in [3.05, 3.63) is 22.6 Å². The van der Waals surface area contributed by atoms with Crippen molar-refractivity contribution in [2.24, 2.45) is 0 Å². The summed E-state index contributed by atoms with van der Waals surface area (Å²) in [5.41, 5.74) is 0.391. The first-order valence-electron chi connectivity index (χ1n) is 6.37. The summed E-state index contributed by atoms with van der Waals surface area (Å²) in [4.78, 5) is 25.5. The maximum absolute atomic E-state index is 12.0. The van der Waals surface area contributed by atoms with Crippen LogP contribution in [-0.4, -0.2) is 53.4 Å². The Kier molecular flexibility index (Phi) is 4.51. The largest absolute Gasteiger partial charge is 0.384 e. The van der Waals surface area contributed by atoms with E-state index in [0.717, 1.165) is 6.54 Å². The quantitative estimate of drug-likeness (QED) is 0.797. The molecule has 1 amide bonds. The Bertz CT molecular complexity index is 494. The van der Waals surface area contributed by atoms with Crippen LogP contribution in [0.3, 0.4) is 0 Å². The van der Waals surface area contributed by atoms with Gasteiger partial charge in [-0.05, 0) is 6.92 Å². The van der Waals surface area contributed by atoms with Gasteiger partial charge < -0.3 is 15.0 Å². The Labute approximate surface area is 111 Å². The fourth-order valence-electron chi connectivity index (χ4n) is 1.89. The summed E-state index contributed by atoms with van der Waals surface area (Å²) >= 11 is 0. The minimum absolute atomic E-state index is 0.0226. The summed E-state index contributed by atoms with van der Waals surface area (Å²) in [6, 6.07) is 1.45. The van der Waals surface area contributed by atoms with E-state index in [2.05, 4.69) is 10.4 Å². The van der Waals surface area contributed by atoms with Gasteiger partial charge in [0.15, 0.2) is 0 Å². The molecule has 0 spiro atoms. The molecule has 1 saturated heterocycles. The Morgan fingerprint density at radius 3 is 2.84 bits per heavy atom. The normalized spacial score (nSPS) is 15.3. The summed E-state index contributed by atoms with van der Waals surface area (Å²) in [7, 11) is 0. The highest BCUT2D eigenvalue weighted by atomic mass is 16.5. The summed E-state index contributed by atoms with van der Waals surface area (Å²) in [5, 5.41) is 7.00. The smallest absolute Gasteiger partial charge is 0.269 e. The maximum atomic E-state index is 12.0. The predicted molar refractivity (Wildman–Crippen MR) is 70.1 cm³/mol. The molecule has 0 bridgehead atoms. The van der Waals surface area contributed by atoms with Gasteiger partial charge >= 0.3 is 0 Å². The Morgan fingerprint density at radius 2 is 2.21 bits per heavy atom. The SMILES string of the molecule is CCNc1cnn(CC(=O)N2CCOCC2)c(=O)c1. The van der Waals surface area contributed by atoms with Crippen molar-refractivity contribution in [2.75, 3.05) is 38.2 Å². The fraction of sp³-hybridized carbons (Fsp3) is 0.583. The van der Waals surface area contributed by atoms with Crippen LogP contribution < -0.4 is 10.9 Å². The van der Waals surface area contributed by atoms with Gasteiger partial charge in [-0.1, -0.05) is 0 Å². The highest BCUT2D eigenvalue weighted by Gasteiger charge is 2.17. The first-order valence-corrected chi connectivity index (χ1v) is 6.37. The van der Waals surface area contributed by atoms with Crippen LogP contribution in [0.2, 0.25) is 0 Å². The van der Waals surface area contributed by atoms with E-state index in [1.165, 1.54) is 10.7 Å². The van der Waals surface area contributed by atoms with Crippen LogP contribution >= 0.6 is 0 Å². The number of rotatable bonds is 4. The first kappa shape index (κ1) is 13.5. The van der Waals surface area contributed by atoms with Gasteiger partial charge in [0, 0.05) is 25.7 Å². The Hall–Kier alpha value is -1.89. The summed E-state index contributed by atoms with van der Waals surface area (Å²) in [6.45, 7) is 4.88. The number of morpholine rings is 1. The van der Waals surface area contributed by atoms with Crippen molar-refractivity contribution in [1.29, 1.82) is 0 Å². The van der Waals surface area contributed by atoms with E-state index in [4.69, 9.17) is 4.74 Å².